The van der Waals surface area contributed by atoms with Gasteiger partial charge in [-0.25, -0.2) is 4.98 Å². The minimum Gasteiger partial charge on any atom is -0.386 e. The zero-order chi connectivity index (χ0) is 10.7. The summed E-state index contributed by atoms with van der Waals surface area (Å²) >= 11 is 0. The third-order valence-electron chi connectivity index (χ3n) is 2.40. The number of halogens is 1. The lowest BCUT2D eigenvalue weighted by molar-refractivity contribution is 0.0381. The summed E-state index contributed by atoms with van der Waals surface area (Å²) in [5.41, 5.74) is -0.853. The molecule has 2 heterocycles. The molecule has 2 N–H and O–H groups in total. The standard InChI is InChI=1S/C10H13FN2O2/c11-8-2-1-3-9(13-8)12-6-10(14)4-5-15-7-10/h1-3,14H,4-7H2,(H,12,13). The van der Waals surface area contributed by atoms with E-state index in [1.807, 2.05) is 0 Å². The van der Waals surface area contributed by atoms with E-state index in [-0.39, 0.29) is 0 Å². The number of aliphatic hydroxyl groups is 1. The molecule has 1 aliphatic heterocycles. The summed E-state index contributed by atoms with van der Waals surface area (Å²) in [6.07, 6.45) is 0.593. The largest absolute Gasteiger partial charge is 0.386 e. The van der Waals surface area contributed by atoms with E-state index in [9.17, 15) is 9.50 Å². The Kier molecular flexibility index (Phi) is 2.83. The summed E-state index contributed by atoms with van der Waals surface area (Å²) in [5.74, 6) is -0.106. The molecule has 0 spiro atoms. The molecule has 0 bridgehead atoms. The number of hydrogen-bond donors (Lipinski definition) is 2. The Hall–Kier alpha value is -1.20. The van der Waals surface area contributed by atoms with Crippen molar-refractivity contribution in [2.45, 2.75) is 12.0 Å². The molecule has 5 heteroatoms. The van der Waals surface area contributed by atoms with Gasteiger partial charge in [-0.2, -0.15) is 4.39 Å². The van der Waals surface area contributed by atoms with Crippen molar-refractivity contribution in [3.63, 3.8) is 0 Å². The summed E-state index contributed by atoms with van der Waals surface area (Å²) in [6, 6.07) is 4.50. The van der Waals surface area contributed by atoms with Crippen LogP contribution in [0.15, 0.2) is 18.2 Å². The fraction of sp³-hybridized carbons (Fsp3) is 0.500. The lowest BCUT2D eigenvalue weighted by Gasteiger charge is -2.20. The third kappa shape index (κ3) is 2.64. The van der Waals surface area contributed by atoms with Gasteiger partial charge in [0.1, 0.15) is 11.4 Å². The summed E-state index contributed by atoms with van der Waals surface area (Å²) in [5, 5.41) is 12.8. The van der Waals surface area contributed by atoms with E-state index in [1.54, 1.807) is 12.1 Å². The molecule has 1 saturated heterocycles. The van der Waals surface area contributed by atoms with Gasteiger partial charge in [0.2, 0.25) is 5.95 Å². The molecule has 1 atom stereocenters. The molecule has 1 aromatic heterocycles. The average Bonchev–Trinajstić information content (AvgIpc) is 2.63. The first-order chi connectivity index (χ1) is 7.18. The first-order valence-electron chi connectivity index (χ1n) is 4.85. The molecule has 0 aliphatic carbocycles. The second kappa shape index (κ2) is 4.12. The highest BCUT2D eigenvalue weighted by atomic mass is 19.1. The summed E-state index contributed by atoms with van der Waals surface area (Å²) in [7, 11) is 0. The second-order valence-corrected chi connectivity index (χ2v) is 3.73. The first-order valence-corrected chi connectivity index (χ1v) is 4.85. The van der Waals surface area contributed by atoms with Gasteiger partial charge in [0, 0.05) is 19.6 Å². The molecule has 1 fully saturated rings. The van der Waals surface area contributed by atoms with Crippen molar-refractivity contribution in [2.24, 2.45) is 0 Å². The van der Waals surface area contributed by atoms with E-state index in [1.165, 1.54) is 6.07 Å². The molecule has 0 radical (unpaired) electrons. The van der Waals surface area contributed by atoms with Crippen LogP contribution < -0.4 is 5.32 Å². The zero-order valence-corrected chi connectivity index (χ0v) is 8.24. The van der Waals surface area contributed by atoms with Gasteiger partial charge in [0.05, 0.1) is 6.61 Å². The average molecular weight is 212 g/mol. The van der Waals surface area contributed by atoms with E-state index in [4.69, 9.17) is 4.74 Å². The minimum atomic E-state index is -0.853. The number of anilines is 1. The Morgan fingerprint density at radius 1 is 1.60 bits per heavy atom. The Balaban J connectivity index is 1.92. The molecule has 1 aromatic rings. The van der Waals surface area contributed by atoms with Gasteiger partial charge in [0.15, 0.2) is 0 Å². The number of hydrogen-bond acceptors (Lipinski definition) is 4. The van der Waals surface area contributed by atoms with Crippen molar-refractivity contribution in [1.29, 1.82) is 0 Å². The van der Waals surface area contributed by atoms with Gasteiger partial charge in [-0.15, -0.1) is 0 Å². The van der Waals surface area contributed by atoms with Crippen LogP contribution in [0.1, 0.15) is 6.42 Å². The molecule has 0 saturated carbocycles. The lowest BCUT2D eigenvalue weighted by Crippen LogP contribution is -2.37. The SMILES string of the molecule is OC1(CNc2cccc(F)n2)CCOC1. The smallest absolute Gasteiger partial charge is 0.214 e. The molecule has 15 heavy (non-hydrogen) atoms. The van der Waals surface area contributed by atoms with Crippen LogP contribution >= 0.6 is 0 Å². The Morgan fingerprint density at radius 3 is 3.13 bits per heavy atom. The van der Waals surface area contributed by atoms with Gasteiger partial charge < -0.3 is 15.2 Å². The second-order valence-electron chi connectivity index (χ2n) is 3.73. The molecule has 1 aliphatic rings. The Morgan fingerprint density at radius 2 is 2.47 bits per heavy atom. The molecule has 2 rings (SSSR count). The topological polar surface area (TPSA) is 54.4 Å². The van der Waals surface area contributed by atoms with E-state index in [2.05, 4.69) is 10.3 Å². The maximum absolute atomic E-state index is 12.7. The van der Waals surface area contributed by atoms with Crippen LogP contribution in [0, 0.1) is 5.95 Å². The van der Waals surface area contributed by atoms with E-state index < -0.39 is 11.5 Å². The predicted molar refractivity (Wildman–Crippen MR) is 53.1 cm³/mol. The maximum atomic E-state index is 12.7. The van der Waals surface area contributed by atoms with Crippen LogP contribution in [0.4, 0.5) is 10.2 Å². The molecular weight excluding hydrogens is 199 g/mol. The summed E-state index contributed by atoms with van der Waals surface area (Å²) in [6.45, 7) is 1.20. The number of nitrogens with one attached hydrogen (secondary N) is 1. The van der Waals surface area contributed by atoms with Crippen LogP contribution in [-0.4, -0.2) is 35.5 Å². The monoisotopic (exact) mass is 212 g/mol. The van der Waals surface area contributed by atoms with Crippen molar-refractivity contribution < 1.29 is 14.2 Å². The van der Waals surface area contributed by atoms with Crippen molar-refractivity contribution in [3.05, 3.63) is 24.1 Å². The highest BCUT2D eigenvalue weighted by Crippen LogP contribution is 2.18. The van der Waals surface area contributed by atoms with Crippen molar-refractivity contribution >= 4 is 5.82 Å². The highest BCUT2D eigenvalue weighted by Gasteiger charge is 2.31. The van der Waals surface area contributed by atoms with E-state index in [0.29, 0.717) is 32.0 Å². The number of aromatic nitrogens is 1. The molecule has 0 amide bonds. The molecule has 0 aromatic carbocycles. The van der Waals surface area contributed by atoms with Crippen LogP contribution in [0.25, 0.3) is 0 Å². The Bertz CT molecular complexity index is 340. The zero-order valence-electron chi connectivity index (χ0n) is 8.24. The van der Waals surface area contributed by atoms with Crippen molar-refractivity contribution in [1.82, 2.24) is 4.98 Å². The maximum Gasteiger partial charge on any atom is 0.214 e. The van der Waals surface area contributed by atoms with Gasteiger partial charge in [-0.3, -0.25) is 0 Å². The molecular formula is C10H13FN2O2. The van der Waals surface area contributed by atoms with Crippen LogP contribution in [0.3, 0.4) is 0 Å². The highest BCUT2D eigenvalue weighted by molar-refractivity contribution is 5.34. The number of pyridine rings is 1. The normalized spacial score (nSPS) is 25.5. The minimum absolute atomic E-state index is 0.315. The van der Waals surface area contributed by atoms with Crippen molar-refractivity contribution in [2.75, 3.05) is 25.1 Å². The van der Waals surface area contributed by atoms with Crippen LogP contribution in [0.5, 0.6) is 0 Å². The Labute approximate surface area is 87.1 Å². The fourth-order valence-corrected chi connectivity index (χ4v) is 1.50. The fourth-order valence-electron chi connectivity index (χ4n) is 1.50. The van der Waals surface area contributed by atoms with E-state index >= 15 is 0 Å². The first kappa shape index (κ1) is 10.3. The summed E-state index contributed by atoms with van der Waals surface area (Å²) < 4.78 is 17.8. The molecule has 1 unspecified atom stereocenters. The van der Waals surface area contributed by atoms with Gasteiger partial charge in [0.25, 0.3) is 0 Å². The van der Waals surface area contributed by atoms with Gasteiger partial charge in [-0.05, 0) is 12.1 Å². The van der Waals surface area contributed by atoms with Crippen LogP contribution in [-0.2, 0) is 4.74 Å². The van der Waals surface area contributed by atoms with Crippen LogP contribution in [0.2, 0.25) is 0 Å². The van der Waals surface area contributed by atoms with Gasteiger partial charge in [-0.1, -0.05) is 6.07 Å². The lowest BCUT2D eigenvalue weighted by atomic mass is 10.0. The molecule has 4 nitrogen and oxygen atoms in total. The third-order valence-corrected chi connectivity index (χ3v) is 2.40. The summed E-state index contributed by atoms with van der Waals surface area (Å²) in [4.78, 5) is 3.64. The van der Waals surface area contributed by atoms with Gasteiger partial charge >= 0.3 is 0 Å². The quantitative estimate of drug-likeness (QED) is 0.727. The molecule has 82 valence electrons. The van der Waals surface area contributed by atoms with E-state index in [0.717, 1.165) is 0 Å². The number of nitrogens with zero attached hydrogens (tertiary/aromatic N) is 1. The number of rotatable bonds is 3. The number of ether oxygens (including phenoxy) is 1. The van der Waals surface area contributed by atoms with Crippen molar-refractivity contribution in [3.8, 4) is 0 Å². The predicted octanol–water partition coefficient (Wildman–Crippen LogP) is 0.784.